The first-order valence-corrected chi connectivity index (χ1v) is 11.2. The first-order valence-electron chi connectivity index (χ1n) is 11.2. The third kappa shape index (κ3) is 4.28. The first-order chi connectivity index (χ1) is 15.7. The van der Waals surface area contributed by atoms with Gasteiger partial charge in [0.25, 0.3) is 0 Å². The summed E-state index contributed by atoms with van der Waals surface area (Å²) in [6, 6.07) is 7.83. The van der Waals surface area contributed by atoms with E-state index in [1.165, 1.54) is 32.1 Å². The number of hydrogen-bond donors (Lipinski definition) is 1. The van der Waals surface area contributed by atoms with Crippen LogP contribution in [-0.2, 0) is 13.0 Å². The fraction of sp³-hybridized carbons (Fsp3) is 0.360. The third-order valence-corrected chi connectivity index (χ3v) is 6.33. The molecule has 0 radical (unpaired) electrons. The zero-order valence-corrected chi connectivity index (χ0v) is 18.3. The third-order valence-electron chi connectivity index (χ3n) is 6.33. The molecule has 0 spiro atoms. The summed E-state index contributed by atoms with van der Waals surface area (Å²) in [5.41, 5.74) is 4.15. The second-order valence-electron chi connectivity index (χ2n) is 8.62. The molecule has 1 aliphatic rings. The predicted octanol–water partition coefficient (Wildman–Crippen LogP) is 4.84. The van der Waals surface area contributed by atoms with E-state index in [2.05, 4.69) is 20.3 Å². The highest BCUT2D eigenvalue weighted by Crippen LogP contribution is 2.28. The Morgan fingerprint density at radius 2 is 2.00 bits per heavy atom. The highest BCUT2D eigenvalue weighted by atomic mass is 16.5. The molecule has 4 aromatic rings. The van der Waals surface area contributed by atoms with Crippen molar-refractivity contribution in [3.8, 4) is 16.9 Å². The van der Waals surface area contributed by atoms with Crippen LogP contribution in [0.25, 0.3) is 22.0 Å². The smallest absolute Gasteiger partial charge is 0.188 e. The largest absolute Gasteiger partial charge is 0.495 e. The highest BCUT2D eigenvalue weighted by Gasteiger charge is 2.18. The molecule has 0 bridgehead atoms. The van der Waals surface area contributed by atoms with Crippen LogP contribution in [0.3, 0.4) is 0 Å². The van der Waals surface area contributed by atoms with E-state index >= 15 is 0 Å². The zero-order chi connectivity index (χ0) is 21.9. The fourth-order valence-corrected chi connectivity index (χ4v) is 4.60. The summed E-state index contributed by atoms with van der Waals surface area (Å²) >= 11 is 0. The Balaban J connectivity index is 1.31. The number of Topliss-reactive ketones (excluding diaryl/α,β-unsaturated/α-hetero) is 1. The number of nitrogens with zero attached hydrogens (tertiary/aromatic N) is 4. The van der Waals surface area contributed by atoms with Crippen LogP contribution < -0.4 is 4.74 Å². The second kappa shape index (κ2) is 8.94. The summed E-state index contributed by atoms with van der Waals surface area (Å²) in [7, 11) is 1.62. The van der Waals surface area contributed by atoms with Gasteiger partial charge in [0, 0.05) is 36.3 Å². The Morgan fingerprint density at radius 1 is 1.12 bits per heavy atom. The van der Waals surface area contributed by atoms with Crippen molar-refractivity contribution < 1.29 is 9.53 Å². The number of benzene rings is 1. The standard InChI is InChI=1S/C25H27N5O2/c1-32-21-10-20(13-26-14-21)19-7-8-22-23(11-19)28-29-25(22)24(31)9-18-12-27-30(16-18)15-17-5-3-2-4-6-17/h7-8,10-14,16-17H,2-6,9,15H2,1H3,(H,28,29). The number of carbonyl (C=O) groups excluding carboxylic acids is 1. The molecule has 1 aliphatic carbocycles. The molecule has 1 aromatic carbocycles. The number of rotatable bonds is 7. The lowest BCUT2D eigenvalue weighted by Gasteiger charge is -2.21. The number of carbonyl (C=O) groups is 1. The summed E-state index contributed by atoms with van der Waals surface area (Å²) < 4.78 is 7.26. The number of hydrogen-bond acceptors (Lipinski definition) is 5. The van der Waals surface area contributed by atoms with Gasteiger partial charge in [-0.2, -0.15) is 10.2 Å². The molecule has 1 saturated carbocycles. The number of pyridine rings is 1. The average molecular weight is 430 g/mol. The lowest BCUT2D eigenvalue weighted by Crippen LogP contribution is -2.14. The van der Waals surface area contributed by atoms with Gasteiger partial charge < -0.3 is 4.74 Å². The lowest BCUT2D eigenvalue weighted by atomic mass is 9.89. The van der Waals surface area contributed by atoms with Gasteiger partial charge in [-0.05, 0) is 48.1 Å². The van der Waals surface area contributed by atoms with Crippen molar-refractivity contribution in [3.05, 3.63) is 60.3 Å². The molecule has 0 aliphatic heterocycles. The maximum absolute atomic E-state index is 13.0. The van der Waals surface area contributed by atoms with Gasteiger partial charge in [0.1, 0.15) is 11.4 Å². The number of ether oxygens (including phenoxy) is 1. The van der Waals surface area contributed by atoms with E-state index in [9.17, 15) is 4.79 Å². The fourth-order valence-electron chi connectivity index (χ4n) is 4.60. The number of aromatic amines is 1. The molecular weight excluding hydrogens is 402 g/mol. The van der Waals surface area contributed by atoms with Crippen LogP contribution in [0.2, 0.25) is 0 Å². The molecule has 0 unspecified atom stereocenters. The number of nitrogens with one attached hydrogen (secondary N) is 1. The summed E-state index contributed by atoms with van der Waals surface area (Å²) in [4.78, 5) is 17.2. The molecule has 5 rings (SSSR count). The molecule has 32 heavy (non-hydrogen) atoms. The molecule has 7 heteroatoms. The number of fused-ring (bicyclic) bond motifs is 1. The quantitative estimate of drug-likeness (QED) is 0.425. The minimum Gasteiger partial charge on any atom is -0.495 e. The van der Waals surface area contributed by atoms with Gasteiger partial charge in [0.2, 0.25) is 0 Å². The number of ketones is 1. The predicted molar refractivity (Wildman–Crippen MR) is 123 cm³/mol. The number of aromatic nitrogens is 5. The molecule has 3 aromatic heterocycles. The van der Waals surface area contributed by atoms with E-state index < -0.39 is 0 Å². The Labute approximate surface area is 186 Å². The van der Waals surface area contributed by atoms with Gasteiger partial charge in [0.15, 0.2) is 5.78 Å². The first kappa shape index (κ1) is 20.4. The minimum atomic E-state index is -0.00994. The zero-order valence-electron chi connectivity index (χ0n) is 18.3. The number of H-pyrrole nitrogens is 1. The maximum atomic E-state index is 13.0. The van der Waals surface area contributed by atoms with E-state index in [1.807, 2.05) is 41.3 Å². The van der Waals surface area contributed by atoms with Gasteiger partial charge in [-0.3, -0.25) is 19.6 Å². The van der Waals surface area contributed by atoms with Crippen LogP contribution in [0.1, 0.15) is 48.2 Å². The second-order valence-corrected chi connectivity index (χ2v) is 8.62. The molecule has 3 heterocycles. The molecule has 0 amide bonds. The van der Waals surface area contributed by atoms with Crippen molar-refractivity contribution in [2.75, 3.05) is 7.11 Å². The van der Waals surface area contributed by atoms with E-state index in [0.717, 1.165) is 34.1 Å². The Morgan fingerprint density at radius 3 is 2.84 bits per heavy atom. The van der Waals surface area contributed by atoms with E-state index in [0.29, 0.717) is 23.8 Å². The molecule has 0 saturated heterocycles. The van der Waals surface area contributed by atoms with E-state index in [4.69, 9.17) is 4.74 Å². The summed E-state index contributed by atoms with van der Waals surface area (Å²) in [5, 5.41) is 12.6. The molecule has 1 fully saturated rings. The SMILES string of the molecule is COc1cncc(-c2ccc3c(C(=O)Cc4cnn(CC5CCCCC5)c4)n[nH]c3c2)c1. The van der Waals surface area contributed by atoms with Crippen LogP contribution >= 0.6 is 0 Å². The summed E-state index contributed by atoms with van der Waals surface area (Å²) in [6.45, 7) is 0.946. The van der Waals surface area contributed by atoms with Crippen molar-refractivity contribution in [3.63, 3.8) is 0 Å². The van der Waals surface area contributed by atoms with Crippen molar-refractivity contribution in [2.24, 2.45) is 5.92 Å². The van der Waals surface area contributed by atoms with Crippen molar-refractivity contribution in [1.82, 2.24) is 25.0 Å². The number of methoxy groups -OCH3 is 1. The Bertz CT molecular complexity index is 1240. The molecular formula is C25H27N5O2. The topological polar surface area (TPSA) is 85.7 Å². The van der Waals surface area contributed by atoms with Gasteiger partial charge in [-0.15, -0.1) is 0 Å². The average Bonchev–Trinajstić information content (AvgIpc) is 3.46. The normalized spacial score (nSPS) is 14.7. The molecule has 0 atom stereocenters. The van der Waals surface area contributed by atoms with Crippen molar-refractivity contribution >= 4 is 16.7 Å². The Hall–Kier alpha value is -3.48. The van der Waals surface area contributed by atoms with Crippen LogP contribution in [-0.4, -0.2) is 37.9 Å². The monoisotopic (exact) mass is 429 g/mol. The molecule has 1 N–H and O–H groups in total. The van der Waals surface area contributed by atoms with Crippen LogP contribution in [0.4, 0.5) is 0 Å². The van der Waals surface area contributed by atoms with Crippen molar-refractivity contribution in [1.29, 1.82) is 0 Å². The van der Waals surface area contributed by atoms with Crippen LogP contribution in [0.15, 0.2) is 49.1 Å². The Kier molecular flexibility index (Phi) is 5.71. The molecule has 7 nitrogen and oxygen atoms in total. The van der Waals surface area contributed by atoms with Gasteiger partial charge in [0.05, 0.1) is 25.0 Å². The van der Waals surface area contributed by atoms with Gasteiger partial charge in [-0.1, -0.05) is 25.3 Å². The van der Waals surface area contributed by atoms with Gasteiger partial charge >= 0.3 is 0 Å². The summed E-state index contributed by atoms with van der Waals surface area (Å²) in [5.74, 6) is 1.40. The highest BCUT2D eigenvalue weighted by molar-refractivity contribution is 6.07. The van der Waals surface area contributed by atoms with E-state index in [1.54, 1.807) is 19.5 Å². The van der Waals surface area contributed by atoms with Crippen LogP contribution in [0.5, 0.6) is 5.75 Å². The lowest BCUT2D eigenvalue weighted by molar-refractivity contribution is 0.0989. The summed E-state index contributed by atoms with van der Waals surface area (Å²) in [6.07, 6.45) is 14.1. The minimum absolute atomic E-state index is 0.00994. The maximum Gasteiger partial charge on any atom is 0.188 e. The van der Waals surface area contributed by atoms with Crippen LogP contribution in [0, 0.1) is 5.92 Å². The van der Waals surface area contributed by atoms with Gasteiger partial charge in [-0.25, -0.2) is 0 Å². The molecule has 164 valence electrons. The van der Waals surface area contributed by atoms with E-state index in [-0.39, 0.29) is 5.78 Å². The van der Waals surface area contributed by atoms with Crippen molar-refractivity contribution in [2.45, 2.75) is 45.1 Å².